The Balaban J connectivity index is 2.07. The first kappa shape index (κ1) is 27.4. The minimum atomic E-state index is -1.84. The molecule has 3 rings (SSSR count). The first-order chi connectivity index (χ1) is 17.3. The Hall–Kier alpha value is -4.21. The molecule has 10 heteroatoms. The highest BCUT2D eigenvalue weighted by atomic mass is 16.6. The van der Waals surface area contributed by atoms with Crippen LogP contribution in [-0.2, 0) is 33.4 Å². The SMILES string of the molecule is C/C=C/C1=CC2=CC(=O)[C@](C)(OC(C)=O)[C@H](OC(=O)c3c(C)cc(OC(C)=O)cc3OC(C)=O)[C@H]2CO1. The zero-order chi connectivity index (χ0) is 27.5. The van der Waals surface area contributed by atoms with Crippen LogP contribution in [0.15, 0.2) is 47.8 Å². The van der Waals surface area contributed by atoms with Crippen molar-refractivity contribution in [2.45, 2.75) is 53.2 Å². The number of hydrogen-bond donors (Lipinski definition) is 0. The summed E-state index contributed by atoms with van der Waals surface area (Å²) in [6, 6.07) is 2.62. The number of rotatable bonds is 6. The molecule has 1 aromatic rings. The van der Waals surface area contributed by atoms with E-state index in [-0.39, 0.29) is 29.2 Å². The van der Waals surface area contributed by atoms with Crippen molar-refractivity contribution in [2.75, 3.05) is 6.61 Å². The van der Waals surface area contributed by atoms with E-state index in [0.29, 0.717) is 11.3 Å². The van der Waals surface area contributed by atoms with Crippen molar-refractivity contribution in [1.82, 2.24) is 0 Å². The van der Waals surface area contributed by atoms with Crippen molar-refractivity contribution < 1.29 is 47.7 Å². The van der Waals surface area contributed by atoms with Gasteiger partial charge in [-0.05, 0) is 56.2 Å². The predicted molar refractivity (Wildman–Crippen MR) is 129 cm³/mol. The van der Waals surface area contributed by atoms with Crippen molar-refractivity contribution in [3.8, 4) is 11.5 Å². The molecule has 2 aliphatic rings. The zero-order valence-corrected chi connectivity index (χ0v) is 21.4. The van der Waals surface area contributed by atoms with Crippen LogP contribution in [0.5, 0.6) is 11.5 Å². The van der Waals surface area contributed by atoms with Crippen molar-refractivity contribution in [3.05, 3.63) is 58.9 Å². The largest absolute Gasteiger partial charge is 0.493 e. The van der Waals surface area contributed by atoms with Gasteiger partial charge in [-0.3, -0.25) is 19.2 Å². The van der Waals surface area contributed by atoms with Gasteiger partial charge in [-0.25, -0.2) is 4.79 Å². The zero-order valence-electron chi connectivity index (χ0n) is 21.4. The molecule has 3 atom stereocenters. The van der Waals surface area contributed by atoms with E-state index in [1.54, 1.807) is 18.2 Å². The topological polar surface area (TPSA) is 132 Å². The van der Waals surface area contributed by atoms with Gasteiger partial charge in [0.25, 0.3) is 0 Å². The summed E-state index contributed by atoms with van der Waals surface area (Å²) >= 11 is 0. The monoisotopic (exact) mass is 512 g/mol. The predicted octanol–water partition coefficient (Wildman–Crippen LogP) is 3.31. The van der Waals surface area contributed by atoms with Gasteiger partial charge < -0.3 is 23.7 Å². The average Bonchev–Trinajstić information content (AvgIpc) is 2.75. The summed E-state index contributed by atoms with van der Waals surface area (Å²) in [4.78, 5) is 61.8. The van der Waals surface area contributed by atoms with Crippen molar-refractivity contribution in [1.29, 1.82) is 0 Å². The maximum atomic E-state index is 13.5. The lowest BCUT2D eigenvalue weighted by atomic mass is 9.74. The molecular formula is C27H28O10. The van der Waals surface area contributed by atoms with Crippen LogP contribution >= 0.6 is 0 Å². The number of aryl methyl sites for hydroxylation is 1. The van der Waals surface area contributed by atoms with Crippen molar-refractivity contribution >= 4 is 29.7 Å². The number of benzene rings is 1. The van der Waals surface area contributed by atoms with Gasteiger partial charge in [0.15, 0.2) is 6.10 Å². The molecule has 0 unspecified atom stereocenters. The summed E-state index contributed by atoms with van der Waals surface area (Å²) in [6.07, 6.45) is 5.24. The molecule has 1 aromatic carbocycles. The Morgan fingerprint density at radius 2 is 1.70 bits per heavy atom. The molecule has 1 aliphatic heterocycles. The molecule has 0 saturated carbocycles. The van der Waals surface area contributed by atoms with Crippen LogP contribution in [-0.4, -0.2) is 48.0 Å². The first-order valence-electron chi connectivity index (χ1n) is 11.5. The molecule has 0 N–H and O–H groups in total. The van der Waals surface area contributed by atoms with E-state index < -0.39 is 47.3 Å². The quantitative estimate of drug-likeness (QED) is 0.413. The molecule has 0 saturated heterocycles. The molecule has 0 bridgehead atoms. The molecule has 10 nitrogen and oxygen atoms in total. The fourth-order valence-corrected chi connectivity index (χ4v) is 4.31. The number of esters is 4. The molecule has 1 heterocycles. The molecule has 0 radical (unpaired) electrons. The van der Waals surface area contributed by atoms with Gasteiger partial charge in [-0.2, -0.15) is 0 Å². The lowest BCUT2D eigenvalue weighted by Crippen LogP contribution is -2.58. The normalized spacial score (nSPS) is 22.7. The summed E-state index contributed by atoms with van der Waals surface area (Å²) in [5, 5.41) is 0. The lowest BCUT2D eigenvalue weighted by molar-refractivity contribution is -0.180. The Bertz CT molecular complexity index is 1250. The fraction of sp³-hybridized carbons (Fsp3) is 0.370. The number of ether oxygens (including phenoxy) is 5. The van der Waals surface area contributed by atoms with Gasteiger partial charge in [0, 0.05) is 26.8 Å². The highest BCUT2D eigenvalue weighted by Crippen LogP contribution is 2.40. The Kier molecular flexibility index (Phi) is 8.00. The number of hydrogen-bond acceptors (Lipinski definition) is 10. The number of allylic oxidation sites excluding steroid dienone is 3. The maximum Gasteiger partial charge on any atom is 0.342 e. The second kappa shape index (κ2) is 10.8. The third kappa shape index (κ3) is 5.96. The van der Waals surface area contributed by atoms with Gasteiger partial charge in [0.05, 0.1) is 12.5 Å². The smallest absolute Gasteiger partial charge is 0.342 e. The van der Waals surface area contributed by atoms with Crippen LogP contribution in [0.4, 0.5) is 0 Å². The lowest BCUT2D eigenvalue weighted by Gasteiger charge is -2.43. The number of carbonyl (C=O) groups excluding carboxylic acids is 5. The maximum absolute atomic E-state index is 13.5. The molecule has 0 aromatic heterocycles. The van der Waals surface area contributed by atoms with E-state index in [9.17, 15) is 24.0 Å². The average molecular weight is 513 g/mol. The third-order valence-corrected chi connectivity index (χ3v) is 5.77. The molecule has 0 spiro atoms. The molecule has 0 fully saturated rings. The van der Waals surface area contributed by atoms with Crippen LogP contribution in [0.3, 0.4) is 0 Å². The molecule has 1 aliphatic carbocycles. The van der Waals surface area contributed by atoms with Gasteiger partial charge in [-0.1, -0.05) is 6.08 Å². The first-order valence-corrected chi connectivity index (χ1v) is 11.5. The highest BCUT2D eigenvalue weighted by Gasteiger charge is 2.54. The molecule has 37 heavy (non-hydrogen) atoms. The van der Waals surface area contributed by atoms with Crippen molar-refractivity contribution in [3.63, 3.8) is 0 Å². The van der Waals surface area contributed by atoms with E-state index in [0.717, 1.165) is 13.8 Å². The van der Waals surface area contributed by atoms with Gasteiger partial charge in [0.2, 0.25) is 11.4 Å². The Morgan fingerprint density at radius 3 is 2.30 bits per heavy atom. The van der Waals surface area contributed by atoms with Crippen LogP contribution < -0.4 is 9.47 Å². The van der Waals surface area contributed by atoms with E-state index in [4.69, 9.17) is 23.7 Å². The molecule has 196 valence electrons. The summed E-state index contributed by atoms with van der Waals surface area (Å²) in [5.41, 5.74) is -1.13. The van der Waals surface area contributed by atoms with E-state index in [1.165, 1.54) is 39.0 Å². The third-order valence-electron chi connectivity index (χ3n) is 5.77. The van der Waals surface area contributed by atoms with Gasteiger partial charge in [0.1, 0.15) is 22.8 Å². The van der Waals surface area contributed by atoms with Gasteiger partial charge >= 0.3 is 23.9 Å². The number of fused-ring (bicyclic) bond motifs is 1. The van der Waals surface area contributed by atoms with Crippen LogP contribution in [0, 0.1) is 12.8 Å². The van der Waals surface area contributed by atoms with E-state index in [1.807, 2.05) is 6.92 Å². The van der Waals surface area contributed by atoms with E-state index in [2.05, 4.69) is 0 Å². The standard InChI is InChI=1S/C27H28O10/c1-7-8-19-10-18-11-23(31)27(6,37-17(5)30)25(21(18)13-33-19)36-26(32)24-14(2)9-20(34-15(3)28)12-22(24)35-16(4)29/h7-12,21,25H,13H2,1-6H3/b8-7+/t21-,25+,27-/m0/s1. The second-order valence-electron chi connectivity index (χ2n) is 8.80. The minimum Gasteiger partial charge on any atom is -0.493 e. The second-order valence-corrected chi connectivity index (χ2v) is 8.80. The summed E-state index contributed by atoms with van der Waals surface area (Å²) < 4.78 is 27.3. The fourth-order valence-electron chi connectivity index (χ4n) is 4.31. The van der Waals surface area contributed by atoms with Crippen LogP contribution in [0.25, 0.3) is 0 Å². The van der Waals surface area contributed by atoms with E-state index >= 15 is 0 Å². The highest BCUT2D eigenvalue weighted by molar-refractivity contribution is 6.02. The summed E-state index contributed by atoms with van der Waals surface area (Å²) in [6.45, 7) is 8.26. The minimum absolute atomic E-state index is 0.0469. The summed E-state index contributed by atoms with van der Waals surface area (Å²) in [7, 11) is 0. The van der Waals surface area contributed by atoms with Crippen LogP contribution in [0.2, 0.25) is 0 Å². The Morgan fingerprint density at radius 1 is 1.03 bits per heavy atom. The molecular weight excluding hydrogens is 484 g/mol. The van der Waals surface area contributed by atoms with Crippen LogP contribution in [0.1, 0.15) is 50.5 Å². The number of carbonyl (C=O) groups is 5. The van der Waals surface area contributed by atoms with Crippen molar-refractivity contribution in [2.24, 2.45) is 5.92 Å². The summed E-state index contributed by atoms with van der Waals surface area (Å²) in [5.74, 6) is -3.83. The van der Waals surface area contributed by atoms with Gasteiger partial charge in [-0.15, -0.1) is 0 Å². The Labute approximate surface area is 213 Å². The molecule has 0 amide bonds. The number of ketones is 1.